The molecule has 2 aliphatic carbocycles. The van der Waals surface area contributed by atoms with Crippen molar-refractivity contribution in [2.75, 3.05) is 14.2 Å². The molecule has 0 atom stereocenters. The summed E-state index contributed by atoms with van der Waals surface area (Å²) in [4.78, 5) is 9.60. The molecule has 2 aliphatic rings. The Morgan fingerprint density at radius 2 is 1.05 bits per heavy atom. The van der Waals surface area contributed by atoms with Crippen LogP contribution in [-0.4, -0.2) is 35.5 Å². The van der Waals surface area contributed by atoms with Crippen molar-refractivity contribution in [3.63, 3.8) is 0 Å². The van der Waals surface area contributed by atoms with Crippen molar-refractivity contribution >= 4 is 5.97 Å². The van der Waals surface area contributed by atoms with E-state index >= 15 is 0 Å². The van der Waals surface area contributed by atoms with Crippen LogP contribution in [0, 0.1) is 11.8 Å². The van der Waals surface area contributed by atoms with Gasteiger partial charge in [-0.3, -0.25) is 0 Å². The molecule has 3 N–H and O–H groups in total. The van der Waals surface area contributed by atoms with Crippen LogP contribution in [0.25, 0.3) is 0 Å². The van der Waals surface area contributed by atoms with Gasteiger partial charge < -0.3 is 15.3 Å². The van der Waals surface area contributed by atoms with E-state index in [1.165, 1.54) is 32.6 Å². The van der Waals surface area contributed by atoms with Crippen molar-refractivity contribution in [3.8, 4) is 0 Å². The second-order valence-electron chi connectivity index (χ2n) is 5.17. The van der Waals surface area contributed by atoms with Crippen molar-refractivity contribution in [2.24, 2.45) is 11.8 Å². The summed E-state index contributed by atoms with van der Waals surface area (Å²) in [6.07, 6.45) is 12.4. The van der Waals surface area contributed by atoms with E-state index in [0.717, 1.165) is 26.1 Å². The zero-order chi connectivity index (χ0) is 16.0. The van der Waals surface area contributed by atoms with E-state index in [4.69, 9.17) is 15.3 Å². The first-order valence-corrected chi connectivity index (χ1v) is 7.39. The van der Waals surface area contributed by atoms with E-state index in [9.17, 15) is 4.79 Å². The number of carboxylic acid groups (broad SMARTS) is 1. The molecule has 0 aromatic rings. The van der Waals surface area contributed by atoms with Crippen molar-refractivity contribution in [1.82, 2.24) is 0 Å². The smallest absolute Gasteiger partial charge is 0.330 e. The number of hydrogen-bond donors (Lipinski definition) is 3. The molecule has 0 bridgehead atoms. The Morgan fingerprint density at radius 3 is 1.20 bits per heavy atom. The Bertz CT molecular complexity index is 213. The van der Waals surface area contributed by atoms with E-state index in [-0.39, 0.29) is 5.57 Å². The predicted molar refractivity (Wildman–Crippen MR) is 82.7 cm³/mol. The molecule has 120 valence electrons. The SMILES string of the molecule is C1CCC(C2CCCC2)C1.C=C(C)C(=O)O.CO.CO. The van der Waals surface area contributed by atoms with Crippen LogP contribution in [0.3, 0.4) is 0 Å². The van der Waals surface area contributed by atoms with Crippen LogP contribution in [0.2, 0.25) is 0 Å². The molecule has 4 heteroatoms. The summed E-state index contributed by atoms with van der Waals surface area (Å²) in [7, 11) is 2.00. The molecule has 0 unspecified atom stereocenters. The van der Waals surface area contributed by atoms with Crippen LogP contribution >= 0.6 is 0 Å². The standard InChI is InChI=1S/C10H18.C4H6O2.2CH4O/c1-2-6-9(5-1)10-7-3-4-8-10;1-3(2)4(5)6;2*1-2/h9-10H,1-8H2;1H2,2H3,(H,5,6);2*2H,1H3. The summed E-state index contributed by atoms with van der Waals surface area (Å²) >= 11 is 0. The van der Waals surface area contributed by atoms with Crippen molar-refractivity contribution in [1.29, 1.82) is 0 Å². The lowest BCUT2D eigenvalue weighted by Gasteiger charge is -2.16. The molecule has 0 aromatic carbocycles. The first-order chi connectivity index (χ1) is 9.61. The number of carbonyl (C=O) groups is 1. The third-order valence-electron chi connectivity index (χ3n) is 3.83. The monoisotopic (exact) mass is 288 g/mol. The van der Waals surface area contributed by atoms with Crippen molar-refractivity contribution < 1.29 is 20.1 Å². The average Bonchev–Trinajstić information content (AvgIpc) is 3.16. The molecule has 0 saturated heterocycles. The van der Waals surface area contributed by atoms with Gasteiger partial charge in [-0.25, -0.2) is 4.79 Å². The number of rotatable bonds is 2. The fourth-order valence-electron chi connectivity index (χ4n) is 2.86. The zero-order valence-corrected chi connectivity index (χ0v) is 13.3. The Labute approximate surface area is 123 Å². The number of aliphatic hydroxyl groups excluding tert-OH is 2. The molecule has 0 radical (unpaired) electrons. The first kappa shape index (κ1) is 21.4. The number of aliphatic carboxylic acids is 1. The molecular formula is C16H32O4. The van der Waals surface area contributed by atoms with E-state index in [1.54, 1.807) is 25.7 Å². The predicted octanol–water partition coefficient (Wildman–Crippen LogP) is 3.23. The van der Waals surface area contributed by atoms with Crippen LogP contribution in [0.1, 0.15) is 58.3 Å². The summed E-state index contributed by atoms with van der Waals surface area (Å²) in [5, 5.41) is 21.9. The Balaban J connectivity index is 0. The number of carboxylic acids is 1. The van der Waals surface area contributed by atoms with Gasteiger partial charge in [0.25, 0.3) is 0 Å². The molecular weight excluding hydrogens is 256 g/mol. The molecule has 0 amide bonds. The molecule has 2 fully saturated rings. The Hall–Kier alpha value is -0.870. The van der Waals surface area contributed by atoms with Gasteiger partial charge in [0.15, 0.2) is 0 Å². The highest BCUT2D eigenvalue weighted by Crippen LogP contribution is 2.39. The molecule has 0 heterocycles. The normalized spacial score (nSPS) is 17.9. The van der Waals surface area contributed by atoms with Crippen LogP contribution in [0.5, 0.6) is 0 Å². The zero-order valence-electron chi connectivity index (χ0n) is 13.3. The lowest BCUT2D eigenvalue weighted by Crippen LogP contribution is -2.06. The van der Waals surface area contributed by atoms with Gasteiger partial charge in [-0.15, -0.1) is 0 Å². The van der Waals surface area contributed by atoms with Crippen LogP contribution in [0.15, 0.2) is 12.2 Å². The topological polar surface area (TPSA) is 77.8 Å². The first-order valence-electron chi connectivity index (χ1n) is 7.39. The number of aliphatic hydroxyl groups is 2. The summed E-state index contributed by atoms with van der Waals surface area (Å²) in [6, 6.07) is 0. The second-order valence-corrected chi connectivity index (χ2v) is 5.17. The highest BCUT2D eigenvalue weighted by atomic mass is 16.4. The van der Waals surface area contributed by atoms with Crippen molar-refractivity contribution in [3.05, 3.63) is 12.2 Å². The van der Waals surface area contributed by atoms with Crippen LogP contribution in [0.4, 0.5) is 0 Å². The fraction of sp³-hybridized carbons (Fsp3) is 0.812. The average molecular weight is 288 g/mol. The van der Waals surface area contributed by atoms with Gasteiger partial charge in [0.1, 0.15) is 0 Å². The lowest BCUT2D eigenvalue weighted by molar-refractivity contribution is -0.132. The van der Waals surface area contributed by atoms with Crippen LogP contribution in [-0.2, 0) is 4.79 Å². The van der Waals surface area contributed by atoms with E-state index < -0.39 is 5.97 Å². The minimum absolute atomic E-state index is 0.176. The Kier molecular flexibility index (Phi) is 15.6. The van der Waals surface area contributed by atoms with Gasteiger partial charge >= 0.3 is 5.97 Å². The third-order valence-corrected chi connectivity index (χ3v) is 3.83. The fourth-order valence-corrected chi connectivity index (χ4v) is 2.86. The maximum Gasteiger partial charge on any atom is 0.330 e. The highest BCUT2D eigenvalue weighted by Gasteiger charge is 2.26. The van der Waals surface area contributed by atoms with Gasteiger partial charge in [-0.1, -0.05) is 57.9 Å². The molecule has 0 aliphatic heterocycles. The van der Waals surface area contributed by atoms with E-state index in [0.29, 0.717) is 0 Å². The van der Waals surface area contributed by atoms with Crippen LogP contribution < -0.4 is 0 Å². The van der Waals surface area contributed by atoms with Gasteiger partial charge in [0.05, 0.1) is 0 Å². The van der Waals surface area contributed by atoms with Gasteiger partial charge in [-0.2, -0.15) is 0 Å². The quantitative estimate of drug-likeness (QED) is 0.682. The van der Waals surface area contributed by atoms with Gasteiger partial charge in [-0.05, 0) is 18.8 Å². The van der Waals surface area contributed by atoms with Gasteiger partial charge in [0, 0.05) is 19.8 Å². The lowest BCUT2D eigenvalue weighted by atomic mass is 9.90. The second kappa shape index (κ2) is 14.5. The molecule has 4 nitrogen and oxygen atoms in total. The molecule has 2 saturated carbocycles. The third kappa shape index (κ3) is 9.98. The minimum atomic E-state index is -0.935. The summed E-state index contributed by atoms with van der Waals surface area (Å²) in [5.74, 6) is 1.37. The minimum Gasteiger partial charge on any atom is -0.478 e. The van der Waals surface area contributed by atoms with E-state index in [1.807, 2.05) is 0 Å². The molecule has 0 aromatic heterocycles. The maximum absolute atomic E-state index is 9.60. The Morgan fingerprint density at radius 1 is 0.850 bits per heavy atom. The van der Waals surface area contributed by atoms with Gasteiger partial charge in [0.2, 0.25) is 0 Å². The maximum atomic E-state index is 9.60. The molecule has 2 rings (SSSR count). The molecule has 20 heavy (non-hydrogen) atoms. The summed E-state index contributed by atoms with van der Waals surface area (Å²) in [6.45, 7) is 4.60. The van der Waals surface area contributed by atoms with Crippen molar-refractivity contribution in [2.45, 2.75) is 58.3 Å². The largest absolute Gasteiger partial charge is 0.478 e. The summed E-state index contributed by atoms with van der Waals surface area (Å²) in [5.41, 5.74) is 0.176. The summed E-state index contributed by atoms with van der Waals surface area (Å²) < 4.78 is 0. The number of hydrogen-bond acceptors (Lipinski definition) is 3. The van der Waals surface area contributed by atoms with E-state index in [2.05, 4.69) is 6.58 Å². The molecule has 0 spiro atoms. The highest BCUT2D eigenvalue weighted by molar-refractivity contribution is 5.84.